The maximum atomic E-state index is 12.8. The summed E-state index contributed by atoms with van der Waals surface area (Å²) in [5, 5.41) is 12.0. The van der Waals surface area contributed by atoms with E-state index in [0.717, 1.165) is 22.3 Å². The summed E-state index contributed by atoms with van der Waals surface area (Å²) in [7, 11) is 2.67. The minimum Gasteiger partial charge on any atom is -0.479 e. The van der Waals surface area contributed by atoms with Crippen LogP contribution < -0.4 is 5.32 Å². The number of likely N-dealkylation sites (tertiary alicyclic amines) is 1. The maximum Gasteiger partial charge on any atom is 0.407 e. The van der Waals surface area contributed by atoms with Gasteiger partial charge in [0, 0.05) is 33.1 Å². The number of ether oxygens (including phenoxy) is 3. The summed E-state index contributed by atoms with van der Waals surface area (Å²) in [6, 6.07) is 16.1. The molecule has 4 rings (SSSR count). The molecule has 0 aromatic heterocycles. The number of hydrogen-bond acceptors (Lipinski definition) is 6. The Morgan fingerprint density at radius 1 is 1.09 bits per heavy atom. The molecule has 1 aliphatic heterocycles. The van der Waals surface area contributed by atoms with E-state index in [4.69, 9.17) is 14.2 Å². The van der Waals surface area contributed by atoms with E-state index >= 15 is 0 Å². The highest BCUT2D eigenvalue weighted by Crippen LogP contribution is 2.44. The zero-order valence-corrected chi connectivity index (χ0v) is 19.2. The fourth-order valence-corrected chi connectivity index (χ4v) is 4.70. The van der Waals surface area contributed by atoms with Gasteiger partial charge in [0.1, 0.15) is 6.61 Å². The lowest BCUT2D eigenvalue weighted by atomic mass is 9.98. The number of methoxy groups -OCH3 is 2. The molecule has 0 radical (unpaired) electrons. The summed E-state index contributed by atoms with van der Waals surface area (Å²) in [6.45, 7) is 0.203. The monoisotopic (exact) mass is 468 g/mol. The highest BCUT2D eigenvalue weighted by atomic mass is 16.5. The number of benzene rings is 2. The van der Waals surface area contributed by atoms with Crippen molar-refractivity contribution in [2.75, 3.05) is 40.5 Å². The lowest BCUT2D eigenvalue weighted by Crippen LogP contribution is -2.49. The minimum atomic E-state index is -1.42. The van der Waals surface area contributed by atoms with Gasteiger partial charge in [-0.05, 0) is 22.3 Å². The number of nitrogens with zero attached hydrogens (tertiary/aromatic N) is 1. The lowest BCUT2D eigenvalue weighted by Gasteiger charge is -2.25. The van der Waals surface area contributed by atoms with Gasteiger partial charge in [-0.3, -0.25) is 4.79 Å². The fraction of sp³-hybridized carbons (Fsp3) is 0.400. The maximum absolute atomic E-state index is 12.8. The Bertz CT molecular complexity index is 1040. The molecule has 180 valence electrons. The largest absolute Gasteiger partial charge is 0.479 e. The second-order valence-corrected chi connectivity index (χ2v) is 8.44. The van der Waals surface area contributed by atoms with E-state index in [1.54, 1.807) is 0 Å². The van der Waals surface area contributed by atoms with E-state index in [9.17, 15) is 19.5 Å². The first-order valence-corrected chi connectivity index (χ1v) is 11.1. The Morgan fingerprint density at radius 2 is 1.71 bits per heavy atom. The van der Waals surface area contributed by atoms with Crippen LogP contribution in [0.5, 0.6) is 0 Å². The van der Waals surface area contributed by atoms with Crippen LogP contribution in [0.3, 0.4) is 0 Å². The molecule has 0 spiro atoms. The van der Waals surface area contributed by atoms with Gasteiger partial charge >= 0.3 is 12.1 Å². The van der Waals surface area contributed by atoms with Crippen LogP contribution in [0.2, 0.25) is 0 Å². The van der Waals surface area contributed by atoms with E-state index in [-0.39, 0.29) is 38.6 Å². The van der Waals surface area contributed by atoms with E-state index in [1.807, 2.05) is 36.4 Å². The van der Waals surface area contributed by atoms with Crippen molar-refractivity contribution in [2.24, 2.45) is 0 Å². The van der Waals surface area contributed by atoms with Crippen molar-refractivity contribution in [1.82, 2.24) is 10.2 Å². The van der Waals surface area contributed by atoms with Crippen molar-refractivity contribution in [3.8, 4) is 11.1 Å². The first kappa shape index (κ1) is 23.7. The minimum absolute atomic E-state index is 0.0687. The van der Waals surface area contributed by atoms with Gasteiger partial charge in [-0.25, -0.2) is 9.59 Å². The van der Waals surface area contributed by atoms with E-state index in [0.29, 0.717) is 0 Å². The summed E-state index contributed by atoms with van der Waals surface area (Å²) in [4.78, 5) is 38.2. The van der Waals surface area contributed by atoms with Crippen molar-refractivity contribution < 1.29 is 33.7 Å². The molecule has 2 aliphatic rings. The zero-order valence-electron chi connectivity index (χ0n) is 19.2. The number of carbonyl (C=O) groups excluding carboxylic acids is 2. The molecule has 0 saturated carbocycles. The second-order valence-electron chi connectivity index (χ2n) is 8.44. The topological polar surface area (TPSA) is 114 Å². The van der Waals surface area contributed by atoms with Crippen molar-refractivity contribution in [1.29, 1.82) is 0 Å². The predicted molar refractivity (Wildman–Crippen MR) is 122 cm³/mol. The molecule has 0 bridgehead atoms. The number of carboxylic acid groups (broad SMARTS) is 1. The Balaban J connectivity index is 1.32. The molecule has 2 atom stereocenters. The average Bonchev–Trinajstić information content (AvgIpc) is 3.44. The van der Waals surface area contributed by atoms with Gasteiger partial charge in [-0.15, -0.1) is 0 Å². The van der Waals surface area contributed by atoms with Crippen LogP contribution in [-0.4, -0.2) is 80.1 Å². The van der Waals surface area contributed by atoms with Crippen molar-refractivity contribution in [3.05, 3.63) is 59.7 Å². The molecule has 2 aromatic rings. The third kappa shape index (κ3) is 4.36. The summed E-state index contributed by atoms with van der Waals surface area (Å²) in [5.41, 5.74) is 3.06. The van der Waals surface area contributed by atoms with Crippen molar-refractivity contribution >= 4 is 18.0 Å². The smallest absolute Gasteiger partial charge is 0.407 e. The Kier molecular flexibility index (Phi) is 6.85. The molecular formula is C25H28N2O7. The fourth-order valence-electron chi connectivity index (χ4n) is 4.70. The number of carbonyl (C=O) groups is 3. The molecule has 9 heteroatoms. The molecule has 1 saturated heterocycles. The summed E-state index contributed by atoms with van der Waals surface area (Å²) < 4.78 is 15.9. The molecule has 9 nitrogen and oxygen atoms in total. The van der Waals surface area contributed by atoms with Crippen LogP contribution in [0, 0.1) is 0 Å². The van der Waals surface area contributed by atoms with Crippen LogP contribution in [0.1, 0.15) is 23.5 Å². The second kappa shape index (κ2) is 9.82. The van der Waals surface area contributed by atoms with Crippen LogP contribution in [0.25, 0.3) is 11.1 Å². The quantitative estimate of drug-likeness (QED) is 0.611. The molecule has 1 aliphatic carbocycles. The van der Waals surface area contributed by atoms with Crippen LogP contribution in [0.4, 0.5) is 4.79 Å². The standard InChI is InChI=1S/C25H28N2O7/c1-32-21(22(28)27-12-11-25(15-27,33-2)23(29)30)13-26-24(31)34-14-20-18-9-5-3-7-16(18)17-8-4-6-10-19(17)20/h3-10,20-21H,11-15H2,1-2H3,(H,26,31)(H,29,30). The first-order chi connectivity index (χ1) is 16.4. The van der Waals surface area contributed by atoms with Gasteiger partial charge in [0.15, 0.2) is 11.7 Å². The molecule has 2 amide bonds. The SMILES string of the molecule is COC(CNC(=O)OCC1c2ccccc2-c2ccccc21)C(=O)N1CCC(OC)(C(=O)O)C1. The molecular weight excluding hydrogens is 440 g/mol. The number of amides is 2. The van der Waals surface area contributed by atoms with Gasteiger partial charge in [-0.2, -0.15) is 0 Å². The molecule has 1 heterocycles. The predicted octanol–water partition coefficient (Wildman–Crippen LogP) is 2.24. The molecule has 34 heavy (non-hydrogen) atoms. The average molecular weight is 469 g/mol. The van der Waals surface area contributed by atoms with Crippen LogP contribution in [0.15, 0.2) is 48.5 Å². The summed E-state index contributed by atoms with van der Waals surface area (Å²) in [5.74, 6) is -1.60. The summed E-state index contributed by atoms with van der Waals surface area (Å²) in [6.07, 6.45) is -1.45. The van der Waals surface area contributed by atoms with E-state index in [1.165, 1.54) is 19.1 Å². The summed E-state index contributed by atoms with van der Waals surface area (Å²) >= 11 is 0. The van der Waals surface area contributed by atoms with E-state index < -0.39 is 29.7 Å². The van der Waals surface area contributed by atoms with Crippen molar-refractivity contribution in [3.63, 3.8) is 0 Å². The Labute approximate surface area is 197 Å². The number of rotatable bonds is 8. The first-order valence-electron chi connectivity index (χ1n) is 11.1. The Morgan fingerprint density at radius 3 is 2.24 bits per heavy atom. The number of alkyl carbamates (subject to hydrolysis) is 1. The third-order valence-corrected chi connectivity index (χ3v) is 6.66. The van der Waals surface area contributed by atoms with Gasteiger partial charge < -0.3 is 29.5 Å². The number of nitrogens with one attached hydrogen (secondary N) is 1. The number of carboxylic acids is 1. The van der Waals surface area contributed by atoms with E-state index in [2.05, 4.69) is 17.4 Å². The Hall–Kier alpha value is -3.43. The zero-order chi connectivity index (χ0) is 24.3. The molecule has 2 N–H and O–H groups in total. The van der Waals surface area contributed by atoms with Gasteiger partial charge in [0.25, 0.3) is 5.91 Å². The number of hydrogen-bond donors (Lipinski definition) is 2. The molecule has 1 fully saturated rings. The third-order valence-electron chi connectivity index (χ3n) is 6.66. The van der Waals surface area contributed by atoms with Gasteiger partial charge in [0.2, 0.25) is 0 Å². The van der Waals surface area contributed by atoms with Gasteiger partial charge in [0.05, 0.1) is 13.1 Å². The van der Waals surface area contributed by atoms with Gasteiger partial charge in [-0.1, -0.05) is 48.5 Å². The highest BCUT2D eigenvalue weighted by molar-refractivity contribution is 5.85. The number of aliphatic carboxylic acids is 1. The normalized spacial score (nSPS) is 19.9. The lowest BCUT2D eigenvalue weighted by molar-refractivity contribution is -0.161. The van der Waals surface area contributed by atoms with Crippen LogP contribution >= 0.6 is 0 Å². The number of fused-ring (bicyclic) bond motifs is 3. The molecule has 2 aromatic carbocycles. The van der Waals surface area contributed by atoms with Crippen LogP contribution in [-0.2, 0) is 23.8 Å². The molecule has 2 unspecified atom stereocenters. The highest BCUT2D eigenvalue weighted by Gasteiger charge is 2.47. The van der Waals surface area contributed by atoms with Crippen molar-refractivity contribution in [2.45, 2.75) is 24.0 Å².